The van der Waals surface area contributed by atoms with E-state index >= 15 is 0 Å². The predicted molar refractivity (Wildman–Crippen MR) is 98.6 cm³/mol. The van der Waals surface area contributed by atoms with Crippen LogP contribution in [-0.2, 0) is 0 Å². The minimum absolute atomic E-state index is 0.0172. The Hall–Kier alpha value is -2.59. The third kappa shape index (κ3) is 2.53. The summed E-state index contributed by atoms with van der Waals surface area (Å²) in [5.74, 6) is -0.0172. The fourth-order valence-electron chi connectivity index (χ4n) is 3.50. The summed E-state index contributed by atoms with van der Waals surface area (Å²) in [7, 11) is 0. The van der Waals surface area contributed by atoms with Crippen LogP contribution in [0.25, 0.3) is 11.3 Å². The molecule has 2 heterocycles. The molecule has 0 aliphatic carbocycles. The molecule has 0 radical (unpaired) electrons. The van der Waals surface area contributed by atoms with E-state index in [1.165, 1.54) is 0 Å². The van der Waals surface area contributed by atoms with Crippen LogP contribution in [0.1, 0.15) is 41.0 Å². The lowest BCUT2D eigenvalue weighted by molar-refractivity contribution is 0.0744. The standard InChI is InChI=1S/C20H18ClN3O/c1-2-12-24-19(14-10-6-7-11-15(14)21)16-17(13-8-4-3-5-9-13)22-23-18(16)20(24)25/h3-11,19H,2,12H2,1H3,(H,22,23). The van der Waals surface area contributed by atoms with E-state index in [2.05, 4.69) is 17.1 Å². The second kappa shape index (κ2) is 6.37. The van der Waals surface area contributed by atoms with Crippen LogP contribution in [0.15, 0.2) is 54.6 Å². The van der Waals surface area contributed by atoms with Gasteiger partial charge in [-0.2, -0.15) is 5.10 Å². The van der Waals surface area contributed by atoms with Gasteiger partial charge in [0, 0.05) is 22.7 Å². The smallest absolute Gasteiger partial charge is 0.273 e. The zero-order valence-electron chi connectivity index (χ0n) is 13.9. The quantitative estimate of drug-likeness (QED) is 0.741. The van der Waals surface area contributed by atoms with Crippen molar-refractivity contribution in [2.45, 2.75) is 19.4 Å². The maximum absolute atomic E-state index is 12.9. The monoisotopic (exact) mass is 351 g/mol. The van der Waals surface area contributed by atoms with Crippen molar-refractivity contribution in [3.8, 4) is 11.3 Å². The Kier molecular flexibility index (Phi) is 4.06. The van der Waals surface area contributed by atoms with E-state index in [0.717, 1.165) is 28.8 Å². The zero-order valence-corrected chi connectivity index (χ0v) is 14.6. The largest absolute Gasteiger partial charge is 0.326 e. The second-order valence-electron chi connectivity index (χ2n) is 6.15. The maximum Gasteiger partial charge on any atom is 0.273 e. The van der Waals surface area contributed by atoms with Gasteiger partial charge in [0.2, 0.25) is 0 Å². The molecule has 0 spiro atoms. The number of amides is 1. The van der Waals surface area contributed by atoms with Gasteiger partial charge in [0.25, 0.3) is 5.91 Å². The SMILES string of the molecule is CCCN1C(=O)c2[nH]nc(-c3ccccc3)c2C1c1ccccc1Cl. The number of H-pyrrole nitrogens is 1. The lowest BCUT2D eigenvalue weighted by Gasteiger charge is -2.26. The van der Waals surface area contributed by atoms with Crippen molar-refractivity contribution < 1.29 is 4.79 Å². The van der Waals surface area contributed by atoms with Gasteiger partial charge >= 0.3 is 0 Å². The highest BCUT2D eigenvalue weighted by Gasteiger charge is 2.42. The normalized spacial score (nSPS) is 16.3. The van der Waals surface area contributed by atoms with Gasteiger partial charge in [0.1, 0.15) is 5.69 Å². The molecule has 1 aromatic heterocycles. The molecule has 1 amide bonds. The van der Waals surface area contributed by atoms with E-state index in [9.17, 15) is 4.79 Å². The molecule has 0 fully saturated rings. The second-order valence-corrected chi connectivity index (χ2v) is 6.56. The molecule has 3 aromatic rings. The first-order valence-corrected chi connectivity index (χ1v) is 8.79. The van der Waals surface area contributed by atoms with Crippen LogP contribution >= 0.6 is 11.6 Å². The Balaban J connectivity index is 1.93. The van der Waals surface area contributed by atoms with Crippen molar-refractivity contribution in [3.05, 3.63) is 76.4 Å². The molecule has 25 heavy (non-hydrogen) atoms. The van der Waals surface area contributed by atoms with Crippen molar-refractivity contribution in [2.75, 3.05) is 6.54 Å². The first-order chi connectivity index (χ1) is 12.2. The maximum atomic E-state index is 12.9. The summed E-state index contributed by atoms with van der Waals surface area (Å²) in [5, 5.41) is 8.06. The molecule has 1 atom stereocenters. The van der Waals surface area contributed by atoms with Crippen LogP contribution in [0.5, 0.6) is 0 Å². The van der Waals surface area contributed by atoms with Crippen molar-refractivity contribution in [1.29, 1.82) is 0 Å². The van der Waals surface area contributed by atoms with Crippen LogP contribution in [0.3, 0.4) is 0 Å². The number of aromatic amines is 1. The Bertz CT molecular complexity index is 920. The van der Waals surface area contributed by atoms with Gasteiger partial charge in [-0.3, -0.25) is 9.89 Å². The zero-order chi connectivity index (χ0) is 17.4. The van der Waals surface area contributed by atoms with Crippen LogP contribution in [0, 0.1) is 0 Å². The lowest BCUT2D eigenvalue weighted by atomic mass is 9.96. The van der Waals surface area contributed by atoms with Crippen LogP contribution < -0.4 is 0 Å². The number of aromatic nitrogens is 2. The molecule has 0 bridgehead atoms. The Morgan fingerprint density at radius 3 is 2.56 bits per heavy atom. The summed E-state index contributed by atoms with van der Waals surface area (Å²) in [5.41, 5.74) is 4.22. The Morgan fingerprint density at radius 2 is 1.84 bits per heavy atom. The summed E-state index contributed by atoms with van der Waals surface area (Å²) >= 11 is 6.48. The molecule has 4 rings (SSSR count). The number of hydrogen-bond acceptors (Lipinski definition) is 2. The summed E-state index contributed by atoms with van der Waals surface area (Å²) in [6, 6.07) is 17.4. The fourth-order valence-corrected chi connectivity index (χ4v) is 3.74. The van der Waals surface area contributed by atoms with Crippen LogP contribution in [0.4, 0.5) is 0 Å². The Labute approximate surface area is 151 Å². The number of nitrogens with one attached hydrogen (secondary N) is 1. The fraction of sp³-hybridized carbons (Fsp3) is 0.200. The lowest BCUT2D eigenvalue weighted by Crippen LogP contribution is -2.30. The van der Waals surface area contributed by atoms with Gasteiger partial charge in [-0.1, -0.05) is 67.1 Å². The topological polar surface area (TPSA) is 49.0 Å². The molecule has 1 aliphatic heterocycles. The summed E-state index contributed by atoms with van der Waals surface area (Å²) in [6.07, 6.45) is 0.880. The minimum atomic E-state index is -0.217. The van der Waals surface area contributed by atoms with Gasteiger partial charge in [0.05, 0.1) is 11.7 Å². The number of carbonyl (C=O) groups is 1. The molecule has 126 valence electrons. The van der Waals surface area contributed by atoms with Crippen LogP contribution in [-0.4, -0.2) is 27.5 Å². The van der Waals surface area contributed by atoms with Gasteiger partial charge in [-0.05, 0) is 18.1 Å². The van der Waals surface area contributed by atoms with Gasteiger partial charge < -0.3 is 4.90 Å². The summed E-state index contributed by atoms with van der Waals surface area (Å²) in [6.45, 7) is 2.74. The number of nitrogens with zero attached hydrogens (tertiary/aromatic N) is 2. The molecule has 1 aliphatic rings. The van der Waals surface area contributed by atoms with E-state index in [1.54, 1.807) is 0 Å². The molecule has 4 nitrogen and oxygen atoms in total. The van der Waals surface area contributed by atoms with Crippen LogP contribution in [0.2, 0.25) is 5.02 Å². The van der Waals surface area contributed by atoms with E-state index in [-0.39, 0.29) is 11.9 Å². The molecule has 1 N–H and O–H groups in total. The number of fused-ring (bicyclic) bond motifs is 1. The average Bonchev–Trinajstić information content (AvgIpc) is 3.17. The first-order valence-electron chi connectivity index (χ1n) is 8.41. The number of halogens is 1. The summed E-state index contributed by atoms with van der Waals surface area (Å²) < 4.78 is 0. The van der Waals surface area contributed by atoms with Gasteiger partial charge in [0.15, 0.2) is 0 Å². The number of rotatable bonds is 4. The molecule has 1 unspecified atom stereocenters. The molecule has 0 saturated heterocycles. The minimum Gasteiger partial charge on any atom is -0.326 e. The molecule has 0 saturated carbocycles. The third-order valence-corrected chi connectivity index (χ3v) is 4.92. The van der Waals surface area contributed by atoms with Gasteiger partial charge in [-0.25, -0.2) is 0 Å². The number of benzene rings is 2. The van der Waals surface area contributed by atoms with E-state index in [0.29, 0.717) is 17.3 Å². The molecular weight excluding hydrogens is 334 g/mol. The number of carbonyl (C=O) groups excluding carboxylic acids is 1. The van der Waals surface area contributed by atoms with Crippen molar-refractivity contribution in [2.24, 2.45) is 0 Å². The van der Waals surface area contributed by atoms with E-state index in [1.807, 2.05) is 59.5 Å². The highest BCUT2D eigenvalue weighted by atomic mass is 35.5. The van der Waals surface area contributed by atoms with Crippen molar-refractivity contribution >= 4 is 17.5 Å². The Morgan fingerprint density at radius 1 is 1.12 bits per heavy atom. The molecule has 5 heteroatoms. The third-order valence-electron chi connectivity index (χ3n) is 4.58. The average molecular weight is 352 g/mol. The van der Waals surface area contributed by atoms with Gasteiger partial charge in [-0.15, -0.1) is 0 Å². The highest BCUT2D eigenvalue weighted by molar-refractivity contribution is 6.31. The first kappa shape index (κ1) is 15.9. The predicted octanol–water partition coefficient (Wildman–Crippen LogP) is 4.69. The number of hydrogen-bond donors (Lipinski definition) is 1. The van der Waals surface area contributed by atoms with Crippen molar-refractivity contribution in [1.82, 2.24) is 15.1 Å². The highest BCUT2D eigenvalue weighted by Crippen LogP contribution is 2.44. The van der Waals surface area contributed by atoms with E-state index < -0.39 is 0 Å². The molecular formula is C20H18ClN3O. The van der Waals surface area contributed by atoms with Crippen molar-refractivity contribution in [3.63, 3.8) is 0 Å². The molecule has 2 aromatic carbocycles. The van der Waals surface area contributed by atoms with E-state index in [4.69, 9.17) is 11.6 Å². The summed E-state index contributed by atoms with van der Waals surface area (Å²) in [4.78, 5) is 14.8.